The summed E-state index contributed by atoms with van der Waals surface area (Å²) in [5.41, 5.74) is 1.24. The molecule has 0 aliphatic rings. The lowest BCUT2D eigenvalue weighted by molar-refractivity contribution is -0.138. The number of tetrazole rings is 1. The topological polar surface area (TPSA) is 137 Å². The first-order valence-corrected chi connectivity index (χ1v) is 9.67. The average molecular weight is 473 g/mol. The molecule has 29 heavy (non-hydrogen) atoms. The van der Waals surface area contributed by atoms with Crippen molar-refractivity contribution in [3.05, 3.63) is 39.0 Å². The van der Waals surface area contributed by atoms with E-state index in [9.17, 15) is 4.79 Å². The number of hydrogen-bond acceptors (Lipinski definition) is 9. The Morgan fingerprint density at radius 2 is 1.86 bits per heavy atom. The maximum atomic E-state index is 10.7. The summed E-state index contributed by atoms with van der Waals surface area (Å²) in [7, 11) is 0. The molecular formula is C14H8Cl3N9O2S. The Morgan fingerprint density at radius 3 is 2.59 bits per heavy atom. The molecule has 148 valence electrons. The molecule has 3 heterocycles. The van der Waals surface area contributed by atoms with Gasteiger partial charge in [0.1, 0.15) is 0 Å². The lowest BCUT2D eigenvalue weighted by Gasteiger charge is -2.05. The van der Waals surface area contributed by atoms with Crippen molar-refractivity contribution in [1.82, 2.24) is 44.6 Å². The quantitative estimate of drug-likeness (QED) is 0.419. The number of aromatic nitrogens is 9. The fraction of sp³-hybridized carbons (Fsp3) is 0.143. The minimum Gasteiger partial charge on any atom is -0.480 e. The molecule has 1 aromatic carbocycles. The summed E-state index contributed by atoms with van der Waals surface area (Å²) < 4.78 is 5.79. The molecule has 0 saturated heterocycles. The second-order valence-corrected chi connectivity index (χ2v) is 7.58. The molecule has 0 saturated carbocycles. The van der Waals surface area contributed by atoms with E-state index < -0.39 is 12.5 Å². The van der Waals surface area contributed by atoms with E-state index in [1.54, 1.807) is 23.0 Å². The highest BCUT2D eigenvalue weighted by molar-refractivity contribution is 7.09. The number of benzene rings is 1. The van der Waals surface area contributed by atoms with Crippen molar-refractivity contribution < 1.29 is 9.90 Å². The highest BCUT2D eigenvalue weighted by Crippen LogP contribution is 2.31. The fourth-order valence-corrected chi connectivity index (χ4v) is 3.54. The third kappa shape index (κ3) is 4.34. The van der Waals surface area contributed by atoms with Crippen molar-refractivity contribution in [3.63, 3.8) is 0 Å². The van der Waals surface area contributed by atoms with E-state index in [0.29, 0.717) is 38.1 Å². The zero-order valence-electron chi connectivity index (χ0n) is 14.1. The Balaban J connectivity index is 1.52. The maximum absolute atomic E-state index is 10.7. The Kier molecular flexibility index (Phi) is 5.41. The van der Waals surface area contributed by atoms with Crippen LogP contribution in [0.4, 0.5) is 0 Å². The van der Waals surface area contributed by atoms with Crippen LogP contribution in [0, 0.1) is 0 Å². The molecule has 0 aliphatic carbocycles. The molecule has 15 heteroatoms. The summed E-state index contributed by atoms with van der Waals surface area (Å²) in [5, 5.41) is 29.6. The van der Waals surface area contributed by atoms with Crippen LogP contribution < -0.4 is 0 Å². The summed E-state index contributed by atoms with van der Waals surface area (Å²) in [6, 6.07) is 3.39. The van der Waals surface area contributed by atoms with E-state index in [-0.39, 0.29) is 5.82 Å². The maximum Gasteiger partial charge on any atom is 0.327 e. The van der Waals surface area contributed by atoms with Crippen molar-refractivity contribution in [2.24, 2.45) is 0 Å². The Bertz CT molecular complexity index is 1180. The number of hydrogen-bond donors (Lipinski definition) is 1. The summed E-state index contributed by atoms with van der Waals surface area (Å²) in [6.45, 7) is -0.0304. The third-order valence-electron chi connectivity index (χ3n) is 3.50. The first-order chi connectivity index (χ1) is 13.9. The molecular weight excluding hydrogens is 465 g/mol. The molecule has 0 radical (unpaired) electrons. The van der Waals surface area contributed by atoms with Gasteiger partial charge in [-0.25, -0.2) is 9.67 Å². The van der Waals surface area contributed by atoms with Crippen LogP contribution in [0.2, 0.25) is 15.1 Å². The first-order valence-electron chi connectivity index (χ1n) is 7.76. The van der Waals surface area contributed by atoms with Gasteiger partial charge in [0.05, 0.1) is 27.8 Å². The second-order valence-electron chi connectivity index (χ2n) is 5.64. The van der Waals surface area contributed by atoms with Gasteiger partial charge in [0.15, 0.2) is 23.1 Å². The van der Waals surface area contributed by atoms with Crippen LogP contribution in [0.3, 0.4) is 0 Å². The van der Waals surface area contributed by atoms with Gasteiger partial charge in [-0.2, -0.15) is 9.17 Å². The number of rotatable bonds is 6. The number of carbonyl (C=O) groups is 1. The molecule has 0 unspecified atom stereocenters. The molecule has 1 N–H and O–H groups in total. The molecule has 3 aromatic heterocycles. The molecule has 0 aliphatic heterocycles. The fourth-order valence-electron chi connectivity index (χ4n) is 2.30. The van der Waals surface area contributed by atoms with Gasteiger partial charge in [0.25, 0.3) is 0 Å². The number of aliphatic carboxylic acids is 1. The molecule has 0 fully saturated rings. The van der Waals surface area contributed by atoms with E-state index in [4.69, 9.17) is 39.9 Å². The van der Waals surface area contributed by atoms with Crippen LogP contribution in [-0.4, -0.2) is 55.6 Å². The predicted octanol–water partition coefficient (Wildman–Crippen LogP) is 2.54. The smallest absolute Gasteiger partial charge is 0.327 e. The molecule has 0 amide bonds. The van der Waals surface area contributed by atoms with Crippen molar-refractivity contribution in [2.75, 3.05) is 0 Å². The van der Waals surface area contributed by atoms with Crippen LogP contribution in [-0.2, 0) is 17.9 Å². The van der Waals surface area contributed by atoms with E-state index in [1.165, 1.54) is 0 Å². The first kappa shape index (κ1) is 19.6. The average Bonchev–Trinajstić information content (AvgIpc) is 3.39. The molecule has 0 atom stereocenters. The SMILES string of the molecule is O=C(O)Cn1nnc(-c2nc(-c3cn(Cc4cc(Cl)c(Cl)c(Cl)c4)nn3)ns2)n1. The zero-order valence-corrected chi connectivity index (χ0v) is 17.2. The Morgan fingerprint density at radius 1 is 1.10 bits per heavy atom. The Hall–Kier alpha value is -2.67. The van der Waals surface area contributed by atoms with E-state index in [1.807, 2.05) is 0 Å². The minimum atomic E-state index is -1.08. The van der Waals surface area contributed by atoms with Crippen molar-refractivity contribution in [3.8, 4) is 22.4 Å². The Labute approximate surface area is 181 Å². The number of halogens is 3. The summed E-state index contributed by atoms with van der Waals surface area (Å²) >= 11 is 19.1. The van der Waals surface area contributed by atoms with Gasteiger partial charge in [0, 0.05) is 0 Å². The van der Waals surface area contributed by atoms with Gasteiger partial charge >= 0.3 is 5.97 Å². The van der Waals surface area contributed by atoms with Gasteiger partial charge in [-0.1, -0.05) is 40.0 Å². The van der Waals surface area contributed by atoms with E-state index >= 15 is 0 Å². The lowest BCUT2D eigenvalue weighted by Crippen LogP contribution is -2.11. The third-order valence-corrected chi connectivity index (χ3v) is 5.41. The van der Waals surface area contributed by atoms with Crippen LogP contribution in [0.25, 0.3) is 22.4 Å². The number of carboxylic acids is 1. The molecule has 0 bridgehead atoms. The molecule has 4 aromatic rings. The van der Waals surface area contributed by atoms with Gasteiger partial charge < -0.3 is 5.11 Å². The second kappa shape index (κ2) is 7.99. The normalized spacial score (nSPS) is 11.1. The standard InChI is InChI=1S/C14H8Cl3N9O2S/c15-7-1-6(2-8(16)11(7)17)3-25-4-9(19-23-25)12-18-14(29-22-12)13-20-24-26(21-13)5-10(27)28/h1-2,4H,3,5H2,(H,27,28). The lowest BCUT2D eigenvalue weighted by atomic mass is 10.2. The minimum absolute atomic E-state index is 0.174. The highest BCUT2D eigenvalue weighted by atomic mass is 35.5. The zero-order chi connectivity index (χ0) is 20.5. The van der Waals surface area contributed by atoms with Crippen LogP contribution in [0.15, 0.2) is 18.3 Å². The number of carboxylic acid groups (broad SMARTS) is 1. The predicted molar refractivity (Wildman–Crippen MR) is 104 cm³/mol. The van der Waals surface area contributed by atoms with Crippen LogP contribution in [0.1, 0.15) is 5.56 Å². The van der Waals surface area contributed by atoms with E-state index in [2.05, 4.69) is 35.1 Å². The van der Waals surface area contributed by atoms with Gasteiger partial charge in [-0.3, -0.25) is 4.79 Å². The molecule has 11 nitrogen and oxygen atoms in total. The van der Waals surface area contributed by atoms with Crippen LogP contribution >= 0.6 is 46.3 Å². The summed E-state index contributed by atoms with van der Waals surface area (Å²) in [5.74, 6) is -0.572. The largest absolute Gasteiger partial charge is 0.480 e. The molecule has 0 spiro atoms. The van der Waals surface area contributed by atoms with Gasteiger partial charge in [-0.15, -0.1) is 15.3 Å². The van der Waals surface area contributed by atoms with E-state index in [0.717, 1.165) is 21.9 Å². The van der Waals surface area contributed by atoms with Gasteiger partial charge in [0.2, 0.25) is 5.82 Å². The number of nitrogens with zero attached hydrogens (tertiary/aromatic N) is 9. The highest BCUT2D eigenvalue weighted by Gasteiger charge is 2.16. The summed E-state index contributed by atoms with van der Waals surface area (Å²) in [6.07, 6.45) is 1.66. The monoisotopic (exact) mass is 471 g/mol. The van der Waals surface area contributed by atoms with Gasteiger partial charge in [-0.05, 0) is 34.4 Å². The van der Waals surface area contributed by atoms with Crippen molar-refractivity contribution >= 4 is 52.3 Å². The van der Waals surface area contributed by atoms with Crippen molar-refractivity contribution in [1.29, 1.82) is 0 Å². The van der Waals surface area contributed by atoms with Crippen LogP contribution in [0.5, 0.6) is 0 Å². The van der Waals surface area contributed by atoms with Crippen molar-refractivity contribution in [2.45, 2.75) is 13.1 Å². The summed E-state index contributed by atoms with van der Waals surface area (Å²) in [4.78, 5) is 16.0. The molecule has 4 rings (SSSR count).